The van der Waals surface area contributed by atoms with Crippen LogP contribution in [0.3, 0.4) is 0 Å². The highest BCUT2D eigenvalue weighted by atomic mass is 16.1. The predicted octanol–water partition coefficient (Wildman–Crippen LogP) is 0.391. The van der Waals surface area contributed by atoms with Gasteiger partial charge in [0.1, 0.15) is 11.6 Å². The maximum absolute atomic E-state index is 11.3. The molecule has 2 unspecified atom stereocenters. The largest absolute Gasteiger partial charge is 0.382 e. The molecule has 1 aliphatic heterocycles. The molecule has 94 valence electrons. The first-order valence-electron chi connectivity index (χ1n) is 5.87. The fraction of sp³-hybridized carbons (Fsp3) is 0.636. The standard InChI is InChI=1S/C11H19N5O/c1-6-3-4-8(10(13)17)5-16(6)11-9(12)14-7(2)15-11/h6,8H,3-5,12H2,1-2H3,(H2,13,17)(H,14,15). The van der Waals surface area contributed by atoms with Gasteiger partial charge in [-0.05, 0) is 26.7 Å². The number of hydrogen-bond acceptors (Lipinski definition) is 4. The molecule has 0 bridgehead atoms. The molecular formula is C11H19N5O. The molecule has 17 heavy (non-hydrogen) atoms. The number of nitrogens with one attached hydrogen (secondary N) is 1. The number of nitrogens with zero attached hydrogens (tertiary/aromatic N) is 2. The lowest BCUT2D eigenvalue weighted by Gasteiger charge is -2.37. The number of rotatable bonds is 2. The highest BCUT2D eigenvalue weighted by Crippen LogP contribution is 2.29. The minimum absolute atomic E-state index is 0.109. The Morgan fingerprint density at radius 2 is 2.24 bits per heavy atom. The first-order chi connectivity index (χ1) is 7.99. The molecule has 2 heterocycles. The van der Waals surface area contributed by atoms with Gasteiger partial charge in [0.25, 0.3) is 0 Å². The topological polar surface area (TPSA) is 101 Å². The van der Waals surface area contributed by atoms with Gasteiger partial charge in [0.05, 0.1) is 5.92 Å². The minimum atomic E-state index is -0.243. The second-order valence-corrected chi connectivity index (χ2v) is 4.74. The number of nitrogen functional groups attached to an aromatic ring is 1. The Hall–Kier alpha value is -1.72. The number of imidazole rings is 1. The van der Waals surface area contributed by atoms with E-state index < -0.39 is 0 Å². The number of aromatic amines is 1. The van der Waals surface area contributed by atoms with Crippen molar-refractivity contribution in [2.24, 2.45) is 11.7 Å². The van der Waals surface area contributed by atoms with Crippen LogP contribution in [0.5, 0.6) is 0 Å². The van der Waals surface area contributed by atoms with Gasteiger partial charge in [-0.1, -0.05) is 0 Å². The Balaban J connectivity index is 2.23. The summed E-state index contributed by atoms with van der Waals surface area (Å²) in [6.07, 6.45) is 1.77. The molecule has 5 N–H and O–H groups in total. The van der Waals surface area contributed by atoms with Crippen LogP contribution in [0.4, 0.5) is 11.6 Å². The average Bonchev–Trinajstić information content (AvgIpc) is 2.58. The summed E-state index contributed by atoms with van der Waals surface area (Å²) in [6.45, 7) is 4.58. The van der Waals surface area contributed by atoms with Gasteiger partial charge in [0.2, 0.25) is 5.91 Å². The highest BCUT2D eigenvalue weighted by molar-refractivity contribution is 5.78. The number of carbonyl (C=O) groups is 1. The van der Waals surface area contributed by atoms with Crippen molar-refractivity contribution in [3.8, 4) is 0 Å². The molecule has 2 rings (SSSR count). The van der Waals surface area contributed by atoms with Crippen LogP contribution in [-0.4, -0.2) is 28.5 Å². The average molecular weight is 237 g/mol. The van der Waals surface area contributed by atoms with Gasteiger partial charge in [-0.2, -0.15) is 0 Å². The predicted molar refractivity (Wildman–Crippen MR) is 66.5 cm³/mol. The zero-order valence-corrected chi connectivity index (χ0v) is 10.2. The zero-order chi connectivity index (χ0) is 12.6. The minimum Gasteiger partial charge on any atom is -0.382 e. The number of primary amides is 1. The molecule has 1 aliphatic rings. The molecule has 1 fully saturated rings. The fourth-order valence-electron chi connectivity index (χ4n) is 2.35. The number of carbonyl (C=O) groups excluding carboxylic acids is 1. The van der Waals surface area contributed by atoms with E-state index in [2.05, 4.69) is 21.8 Å². The normalized spacial score (nSPS) is 24.9. The van der Waals surface area contributed by atoms with E-state index in [1.165, 1.54) is 0 Å². The molecule has 1 aromatic heterocycles. The third-order valence-corrected chi connectivity index (χ3v) is 3.39. The number of piperidine rings is 1. The summed E-state index contributed by atoms with van der Waals surface area (Å²) in [5.41, 5.74) is 11.3. The quantitative estimate of drug-likeness (QED) is 0.692. The Labute approximate surface area is 100 Å². The summed E-state index contributed by atoms with van der Waals surface area (Å²) in [7, 11) is 0. The molecule has 6 heteroatoms. The van der Waals surface area contributed by atoms with Crippen molar-refractivity contribution in [2.75, 3.05) is 17.2 Å². The molecule has 0 radical (unpaired) electrons. The summed E-state index contributed by atoms with van der Waals surface area (Å²) in [6, 6.07) is 0.329. The van der Waals surface area contributed by atoms with Crippen LogP contribution in [0.1, 0.15) is 25.6 Å². The van der Waals surface area contributed by atoms with Crippen LogP contribution in [0.15, 0.2) is 0 Å². The van der Waals surface area contributed by atoms with Gasteiger partial charge in [-0.3, -0.25) is 4.79 Å². The molecule has 1 amide bonds. The van der Waals surface area contributed by atoms with E-state index in [9.17, 15) is 4.79 Å². The van der Waals surface area contributed by atoms with Gasteiger partial charge < -0.3 is 21.4 Å². The third-order valence-electron chi connectivity index (χ3n) is 3.39. The maximum Gasteiger partial charge on any atom is 0.222 e. The number of anilines is 2. The Morgan fingerprint density at radius 3 is 2.76 bits per heavy atom. The van der Waals surface area contributed by atoms with Crippen LogP contribution in [0, 0.1) is 12.8 Å². The number of aryl methyl sites for hydroxylation is 1. The number of amides is 1. The van der Waals surface area contributed by atoms with Gasteiger partial charge in [-0.15, -0.1) is 0 Å². The Kier molecular flexibility index (Phi) is 2.95. The Morgan fingerprint density at radius 1 is 1.53 bits per heavy atom. The summed E-state index contributed by atoms with van der Waals surface area (Å²) in [5, 5.41) is 0. The van der Waals surface area contributed by atoms with E-state index in [0.29, 0.717) is 18.4 Å². The number of aromatic nitrogens is 2. The smallest absolute Gasteiger partial charge is 0.222 e. The molecule has 0 saturated carbocycles. The maximum atomic E-state index is 11.3. The number of hydrogen-bond donors (Lipinski definition) is 3. The van der Waals surface area contributed by atoms with Gasteiger partial charge >= 0.3 is 0 Å². The molecule has 2 atom stereocenters. The van der Waals surface area contributed by atoms with Crippen molar-refractivity contribution in [1.82, 2.24) is 9.97 Å². The van der Waals surface area contributed by atoms with Gasteiger partial charge in [0, 0.05) is 12.6 Å². The molecule has 1 saturated heterocycles. The van der Waals surface area contributed by atoms with Crippen molar-refractivity contribution in [3.63, 3.8) is 0 Å². The lowest BCUT2D eigenvalue weighted by atomic mass is 9.93. The van der Waals surface area contributed by atoms with E-state index >= 15 is 0 Å². The summed E-state index contributed by atoms with van der Waals surface area (Å²) in [5.74, 6) is 1.72. The van der Waals surface area contributed by atoms with E-state index in [1.807, 2.05) is 6.92 Å². The second-order valence-electron chi connectivity index (χ2n) is 4.74. The van der Waals surface area contributed by atoms with Crippen LogP contribution < -0.4 is 16.4 Å². The van der Waals surface area contributed by atoms with Crippen molar-refractivity contribution >= 4 is 17.5 Å². The number of H-pyrrole nitrogens is 1. The molecule has 1 aromatic rings. The SMILES string of the molecule is Cc1nc(N2CC(C(N)=O)CCC2C)c(N)[nH]1. The number of nitrogens with two attached hydrogens (primary N) is 2. The van der Waals surface area contributed by atoms with Crippen LogP contribution in [0.2, 0.25) is 0 Å². The summed E-state index contributed by atoms with van der Waals surface area (Å²) >= 11 is 0. The second kappa shape index (κ2) is 4.27. The third kappa shape index (κ3) is 2.20. The fourth-order valence-corrected chi connectivity index (χ4v) is 2.35. The van der Waals surface area contributed by atoms with E-state index in [4.69, 9.17) is 11.5 Å². The van der Waals surface area contributed by atoms with Crippen molar-refractivity contribution in [2.45, 2.75) is 32.7 Å². The van der Waals surface area contributed by atoms with Gasteiger partial charge in [-0.25, -0.2) is 4.98 Å². The summed E-state index contributed by atoms with van der Waals surface area (Å²) < 4.78 is 0. The van der Waals surface area contributed by atoms with Crippen LogP contribution in [0.25, 0.3) is 0 Å². The highest BCUT2D eigenvalue weighted by Gasteiger charge is 2.30. The monoisotopic (exact) mass is 237 g/mol. The molecule has 0 aliphatic carbocycles. The Bertz CT molecular complexity index is 427. The molecule has 0 spiro atoms. The first-order valence-corrected chi connectivity index (χ1v) is 5.87. The van der Waals surface area contributed by atoms with Crippen molar-refractivity contribution in [1.29, 1.82) is 0 Å². The molecular weight excluding hydrogens is 218 g/mol. The van der Waals surface area contributed by atoms with Crippen molar-refractivity contribution < 1.29 is 4.79 Å². The summed E-state index contributed by atoms with van der Waals surface area (Å²) in [4.78, 5) is 20.7. The van der Waals surface area contributed by atoms with Crippen molar-refractivity contribution in [3.05, 3.63) is 5.82 Å². The van der Waals surface area contributed by atoms with Crippen LogP contribution >= 0.6 is 0 Å². The molecule has 0 aromatic carbocycles. The lowest BCUT2D eigenvalue weighted by Crippen LogP contribution is -2.46. The van der Waals surface area contributed by atoms with Gasteiger partial charge in [0.15, 0.2) is 5.82 Å². The van der Waals surface area contributed by atoms with Crippen LogP contribution in [-0.2, 0) is 4.79 Å². The van der Waals surface area contributed by atoms with E-state index in [0.717, 1.165) is 24.5 Å². The zero-order valence-electron chi connectivity index (χ0n) is 10.2. The lowest BCUT2D eigenvalue weighted by molar-refractivity contribution is -0.122. The van der Waals surface area contributed by atoms with E-state index in [1.54, 1.807) is 0 Å². The molecule has 6 nitrogen and oxygen atoms in total. The first kappa shape index (κ1) is 11.8. The van der Waals surface area contributed by atoms with E-state index in [-0.39, 0.29) is 11.8 Å².